The van der Waals surface area contributed by atoms with Crippen LogP contribution in [0.1, 0.15) is 16.1 Å². The molecule has 26 heavy (non-hydrogen) atoms. The first-order valence-electron chi connectivity index (χ1n) is 7.93. The summed E-state index contributed by atoms with van der Waals surface area (Å²) in [5.41, 5.74) is 2.69. The average molecular weight is 390 g/mol. The van der Waals surface area contributed by atoms with Crippen LogP contribution in [0, 0.1) is 6.92 Å². The van der Waals surface area contributed by atoms with E-state index in [9.17, 15) is 9.59 Å². The van der Waals surface area contributed by atoms with E-state index in [2.05, 4.69) is 15.4 Å². The van der Waals surface area contributed by atoms with E-state index in [-0.39, 0.29) is 11.7 Å². The van der Waals surface area contributed by atoms with Crippen LogP contribution in [0.4, 0.5) is 0 Å². The third-order valence-corrected chi connectivity index (χ3v) is 5.58. The number of aliphatic carboxylic acids is 1. The molecule has 0 aliphatic heterocycles. The highest BCUT2D eigenvalue weighted by Crippen LogP contribution is 2.29. The van der Waals surface area contributed by atoms with Gasteiger partial charge in [0, 0.05) is 19.3 Å². The van der Waals surface area contributed by atoms with Crippen molar-refractivity contribution in [2.45, 2.75) is 6.92 Å². The van der Waals surface area contributed by atoms with Crippen molar-refractivity contribution in [1.82, 2.24) is 20.1 Å². The lowest BCUT2D eigenvalue weighted by Crippen LogP contribution is -2.26. The number of aromatic nitrogens is 3. The molecule has 0 aromatic carbocycles. The molecule has 0 unspecified atom stereocenters. The van der Waals surface area contributed by atoms with E-state index in [1.54, 1.807) is 22.1 Å². The molecular weight excluding hydrogens is 372 g/mol. The molecule has 0 aliphatic carbocycles. The molecule has 0 atom stereocenters. The van der Waals surface area contributed by atoms with E-state index in [1.165, 1.54) is 11.8 Å². The second-order valence-corrected chi connectivity index (χ2v) is 7.70. The van der Waals surface area contributed by atoms with Crippen LogP contribution >= 0.6 is 23.1 Å². The molecule has 3 rings (SSSR count). The number of rotatable bonds is 7. The SMILES string of the molecule is Cc1nn(C)c2nc(-c3cccs3)cc(C(=O)NCCSCC(=O)O)c12. The lowest BCUT2D eigenvalue weighted by molar-refractivity contribution is -0.133. The number of fused-ring (bicyclic) bond motifs is 1. The third kappa shape index (κ3) is 3.88. The fourth-order valence-corrected chi connectivity index (χ4v) is 3.92. The van der Waals surface area contributed by atoms with Gasteiger partial charge >= 0.3 is 5.97 Å². The van der Waals surface area contributed by atoms with Gasteiger partial charge in [0.25, 0.3) is 5.91 Å². The Labute approximate surface area is 158 Å². The van der Waals surface area contributed by atoms with E-state index in [0.717, 1.165) is 21.7 Å². The lowest BCUT2D eigenvalue weighted by Gasteiger charge is -2.08. The Balaban J connectivity index is 1.88. The molecule has 0 saturated heterocycles. The number of carboxylic acids is 1. The Morgan fingerprint density at radius 3 is 2.92 bits per heavy atom. The van der Waals surface area contributed by atoms with Crippen LogP contribution < -0.4 is 5.32 Å². The van der Waals surface area contributed by atoms with Gasteiger partial charge in [-0.15, -0.1) is 23.1 Å². The predicted octanol–water partition coefficient (Wildman–Crippen LogP) is 2.55. The Hall–Kier alpha value is -2.39. The minimum absolute atomic E-state index is 0.0274. The monoisotopic (exact) mass is 390 g/mol. The molecule has 136 valence electrons. The molecule has 0 fully saturated rings. The third-order valence-electron chi connectivity index (χ3n) is 3.74. The standard InChI is InChI=1S/C17H18N4O3S2/c1-10-15-11(17(24)18-5-7-25-9-14(22)23)8-12(13-4-3-6-26-13)19-16(15)21(2)20-10/h3-4,6,8H,5,7,9H2,1-2H3,(H,18,24)(H,22,23). The average Bonchev–Trinajstić information content (AvgIpc) is 3.22. The van der Waals surface area contributed by atoms with Crippen LogP contribution in [0.25, 0.3) is 21.6 Å². The van der Waals surface area contributed by atoms with Crippen LogP contribution in [-0.4, -0.2) is 49.8 Å². The summed E-state index contributed by atoms with van der Waals surface area (Å²) in [6.45, 7) is 2.25. The van der Waals surface area contributed by atoms with Gasteiger partial charge in [-0.3, -0.25) is 14.3 Å². The molecule has 9 heteroatoms. The molecular formula is C17H18N4O3S2. The minimum Gasteiger partial charge on any atom is -0.481 e. The van der Waals surface area contributed by atoms with Crippen LogP contribution in [0.3, 0.4) is 0 Å². The molecule has 0 spiro atoms. The molecule has 1 amide bonds. The van der Waals surface area contributed by atoms with Crippen molar-refractivity contribution in [3.05, 3.63) is 34.8 Å². The van der Waals surface area contributed by atoms with Crippen molar-refractivity contribution in [1.29, 1.82) is 0 Å². The van der Waals surface area contributed by atoms with Gasteiger partial charge in [0.2, 0.25) is 0 Å². The van der Waals surface area contributed by atoms with E-state index in [4.69, 9.17) is 5.11 Å². The van der Waals surface area contributed by atoms with Gasteiger partial charge in [-0.1, -0.05) is 6.07 Å². The summed E-state index contributed by atoms with van der Waals surface area (Å²) in [4.78, 5) is 28.9. The van der Waals surface area contributed by atoms with E-state index in [0.29, 0.717) is 23.5 Å². The van der Waals surface area contributed by atoms with Crippen molar-refractivity contribution in [3.63, 3.8) is 0 Å². The van der Waals surface area contributed by atoms with Gasteiger partial charge in [-0.05, 0) is 24.4 Å². The number of nitrogens with one attached hydrogen (secondary N) is 1. The fraction of sp³-hybridized carbons (Fsp3) is 0.294. The number of hydrogen-bond acceptors (Lipinski definition) is 6. The molecule has 7 nitrogen and oxygen atoms in total. The van der Waals surface area contributed by atoms with E-state index < -0.39 is 5.97 Å². The maximum atomic E-state index is 12.7. The number of carbonyl (C=O) groups excluding carboxylic acids is 1. The molecule has 0 radical (unpaired) electrons. The second kappa shape index (κ2) is 7.88. The zero-order chi connectivity index (χ0) is 18.7. The van der Waals surface area contributed by atoms with Crippen LogP contribution in [0.5, 0.6) is 0 Å². The summed E-state index contributed by atoms with van der Waals surface area (Å²) in [7, 11) is 1.81. The first-order chi connectivity index (χ1) is 12.5. The number of carboxylic acid groups (broad SMARTS) is 1. The highest BCUT2D eigenvalue weighted by Gasteiger charge is 2.19. The van der Waals surface area contributed by atoms with Crippen LogP contribution in [0.2, 0.25) is 0 Å². The van der Waals surface area contributed by atoms with Gasteiger partial charge in [0.1, 0.15) is 0 Å². The Kier molecular flexibility index (Phi) is 5.58. The summed E-state index contributed by atoms with van der Waals surface area (Å²) < 4.78 is 1.68. The van der Waals surface area contributed by atoms with Crippen molar-refractivity contribution < 1.29 is 14.7 Å². The zero-order valence-corrected chi connectivity index (χ0v) is 16.0. The summed E-state index contributed by atoms with van der Waals surface area (Å²) in [6, 6.07) is 5.70. The summed E-state index contributed by atoms with van der Waals surface area (Å²) in [5, 5.41) is 18.6. The number of thiophene rings is 1. The highest BCUT2D eigenvalue weighted by atomic mass is 32.2. The normalized spacial score (nSPS) is 11.0. The fourth-order valence-electron chi connectivity index (χ4n) is 2.67. The van der Waals surface area contributed by atoms with Crippen molar-refractivity contribution in [3.8, 4) is 10.6 Å². The van der Waals surface area contributed by atoms with Crippen molar-refractivity contribution in [2.24, 2.45) is 7.05 Å². The number of amides is 1. The number of aryl methyl sites for hydroxylation is 2. The van der Waals surface area contributed by atoms with E-state index in [1.807, 2.05) is 31.5 Å². The Morgan fingerprint density at radius 1 is 1.42 bits per heavy atom. The molecule has 0 aliphatic rings. The largest absolute Gasteiger partial charge is 0.481 e. The van der Waals surface area contributed by atoms with Gasteiger partial charge in [0.05, 0.1) is 33.0 Å². The lowest BCUT2D eigenvalue weighted by atomic mass is 10.1. The smallest absolute Gasteiger partial charge is 0.313 e. The predicted molar refractivity (Wildman–Crippen MR) is 104 cm³/mol. The Morgan fingerprint density at radius 2 is 2.23 bits per heavy atom. The van der Waals surface area contributed by atoms with Crippen molar-refractivity contribution in [2.75, 3.05) is 18.1 Å². The summed E-state index contributed by atoms with van der Waals surface area (Å²) in [6.07, 6.45) is 0. The zero-order valence-electron chi connectivity index (χ0n) is 14.4. The van der Waals surface area contributed by atoms with Crippen LogP contribution in [0.15, 0.2) is 23.6 Å². The first kappa shape index (κ1) is 18.4. The van der Waals surface area contributed by atoms with Gasteiger partial charge in [-0.2, -0.15) is 5.10 Å². The molecule has 3 aromatic rings. The number of carbonyl (C=O) groups is 2. The van der Waals surface area contributed by atoms with Crippen molar-refractivity contribution >= 4 is 46.0 Å². The topological polar surface area (TPSA) is 97.1 Å². The molecule has 0 bridgehead atoms. The highest BCUT2D eigenvalue weighted by molar-refractivity contribution is 7.99. The maximum absolute atomic E-state index is 12.7. The number of pyridine rings is 1. The van der Waals surface area contributed by atoms with E-state index >= 15 is 0 Å². The molecule has 3 aromatic heterocycles. The molecule has 3 heterocycles. The molecule has 0 saturated carbocycles. The minimum atomic E-state index is -0.858. The van der Waals surface area contributed by atoms with Gasteiger partial charge in [-0.25, -0.2) is 4.98 Å². The second-order valence-electron chi connectivity index (χ2n) is 5.64. The first-order valence-corrected chi connectivity index (χ1v) is 9.96. The number of thioether (sulfide) groups is 1. The molecule has 2 N–H and O–H groups in total. The van der Waals surface area contributed by atoms with Gasteiger partial charge in [0.15, 0.2) is 5.65 Å². The van der Waals surface area contributed by atoms with Crippen LogP contribution in [-0.2, 0) is 11.8 Å². The maximum Gasteiger partial charge on any atom is 0.313 e. The Bertz CT molecular complexity index is 951. The van der Waals surface area contributed by atoms with Gasteiger partial charge < -0.3 is 10.4 Å². The summed E-state index contributed by atoms with van der Waals surface area (Å²) in [5.74, 6) is -0.499. The summed E-state index contributed by atoms with van der Waals surface area (Å²) >= 11 is 2.83. The number of hydrogen-bond donors (Lipinski definition) is 2. The quantitative estimate of drug-likeness (QED) is 0.602. The number of nitrogens with zero attached hydrogens (tertiary/aromatic N) is 3.